The molecule has 7 aromatic heterocycles. The number of nitrogens with zero attached hydrogens (tertiary/aromatic N) is 13. The minimum absolute atomic E-state index is 0. The summed E-state index contributed by atoms with van der Waals surface area (Å²) in [5.74, 6) is 2.02. The number of aromatic nitrogens is 12. The number of nitrogens with two attached hydrogens (primary N) is 3. The molecule has 0 aliphatic carbocycles. The van der Waals surface area contributed by atoms with Crippen LogP contribution in [0.5, 0.6) is 0 Å². The highest BCUT2D eigenvalue weighted by Crippen LogP contribution is 2.38. The molecule has 0 aromatic carbocycles. The summed E-state index contributed by atoms with van der Waals surface area (Å²) in [6.45, 7) is 17.7. The molecule has 2 unspecified atom stereocenters. The van der Waals surface area contributed by atoms with E-state index in [1.807, 2.05) is 65.1 Å². The Kier molecular flexibility index (Phi) is 22.9. The molecule has 0 aliphatic rings. The number of aromatic carboxylic acids is 1. The maximum Gasteiger partial charge on any atom is 0.356 e. The first kappa shape index (κ1) is 59.7. The molecular formula is C48H70N18O4. The van der Waals surface area contributed by atoms with Gasteiger partial charge in [0.2, 0.25) is 11.9 Å². The van der Waals surface area contributed by atoms with Crippen LogP contribution in [0.1, 0.15) is 113 Å². The van der Waals surface area contributed by atoms with Crippen molar-refractivity contribution in [2.45, 2.75) is 95.9 Å². The van der Waals surface area contributed by atoms with Crippen molar-refractivity contribution < 1.29 is 19.6 Å². The quantitative estimate of drug-likeness (QED) is 0.0233. The zero-order valence-electron chi connectivity index (χ0n) is 37.9. The van der Waals surface area contributed by atoms with Gasteiger partial charge in [0.15, 0.2) is 11.5 Å². The molecule has 7 heterocycles. The normalized spacial score (nSPS) is 12.3. The Morgan fingerprint density at radius 3 is 1.49 bits per heavy atom. The number of hydrogen-bond donors (Lipinski definition) is 7. The van der Waals surface area contributed by atoms with Crippen LogP contribution < -0.4 is 27.8 Å². The zero-order valence-corrected chi connectivity index (χ0v) is 37.9. The van der Waals surface area contributed by atoms with E-state index in [-0.39, 0.29) is 65.0 Å². The number of carboxylic acid groups (broad SMARTS) is 1. The van der Waals surface area contributed by atoms with E-state index in [2.05, 4.69) is 96.5 Å². The molecule has 10 N–H and O–H groups in total. The Balaban J connectivity index is 0.000000562. The Labute approximate surface area is 410 Å². The van der Waals surface area contributed by atoms with Gasteiger partial charge in [-0.2, -0.15) is 4.98 Å². The summed E-state index contributed by atoms with van der Waals surface area (Å²) in [5.41, 5.74) is 21.2. The lowest BCUT2D eigenvalue weighted by Gasteiger charge is -2.32. The average molecular weight is 963 g/mol. The molecule has 0 fully saturated rings. The van der Waals surface area contributed by atoms with Crippen LogP contribution in [0.2, 0.25) is 0 Å². The average Bonchev–Trinajstić information content (AvgIpc) is 3.83. The second kappa shape index (κ2) is 26.9. The monoisotopic (exact) mass is 963 g/mol. The summed E-state index contributed by atoms with van der Waals surface area (Å²) < 4.78 is 5.54. The number of oxime groups is 1. The molecule has 376 valence electrons. The Bertz CT molecular complexity index is 2650. The van der Waals surface area contributed by atoms with E-state index < -0.39 is 16.8 Å². The van der Waals surface area contributed by atoms with Gasteiger partial charge in [0.1, 0.15) is 23.2 Å². The van der Waals surface area contributed by atoms with Gasteiger partial charge < -0.3 is 42.7 Å². The van der Waals surface area contributed by atoms with Crippen molar-refractivity contribution in [3.05, 3.63) is 109 Å². The highest BCUT2D eigenvalue weighted by Gasteiger charge is 2.38. The summed E-state index contributed by atoms with van der Waals surface area (Å²) in [4.78, 5) is 56.2. The highest BCUT2D eigenvalue weighted by molar-refractivity contribution is 5.91. The molecule has 2 atom stereocenters. The van der Waals surface area contributed by atoms with Crippen LogP contribution in [0, 0.1) is 11.8 Å². The van der Waals surface area contributed by atoms with E-state index in [1.54, 1.807) is 43.4 Å². The summed E-state index contributed by atoms with van der Waals surface area (Å²) in [6, 6.07) is 7.71. The molecule has 0 saturated heterocycles. The molecule has 22 heteroatoms. The SMILES string of the molecule is C.C.C.C.CC(C)C(C)(/C(N)=N/O)c1ccc(-c2cnc(N)nc2)nc1.CCNc1cnc(-c2nc(C(C)(c3ccc(-c4cnc(N)nc4)nc3)C(C)C)no2)cn1.CCNc1cnc(C(=O)O)cn1. The molecule has 22 nitrogen and oxygen atoms in total. The molecule has 0 bridgehead atoms. The molecule has 0 spiro atoms. The van der Waals surface area contributed by atoms with E-state index in [0.29, 0.717) is 29.0 Å². The fourth-order valence-electron chi connectivity index (χ4n) is 6.25. The van der Waals surface area contributed by atoms with Gasteiger partial charge in [0.05, 0.1) is 47.0 Å². The van der Waals surface area contributed by atoms with Gasteiger partial charge in [-0.05, 0) is 62.8 Å². The molecule has 0 amide bonds. The summed E-state index contributed by atoms with van der Waals surface area (Å²) in [7, 11) is 0. The van der Waals surface area contributed by atoms with Crippen LogP contribution in [0.15, 0.2) is 95.9 Å². The lowest BCUT2D eigenvalue weighted by atomic mass is 9.73. The topological polar surface area (TPSA) is 340 Å². The number of hydrogen-bond acceptors (Lipinski definition) is 20. The summed E-state index contributed by atoms with van der Waals surface area (Å²) in [5, 5.41) is 31.0. The fourth-order valence-corrected chi connectivity index (χ4v) is 6.25. The van der Waals surface area contributed by atoms with E-state index >= 15 is 0 Å². The Hall–Kier alpha value is -8.30. The van der Waals surface area contributed by atoms with Crippen molar-refractivity contribution >= 4 is 35.3 Å². The smallest absolute Gasteiger partial charge is 0.356 e. The lowest BCUT2D eigenvalue weighted by Crippen LogP contribution is -2.43. The third kappa shape index (κ3) is 14.1. The summed E-state index contributed by atoms with van der Waals surface area (Å²) >= 11 is 0. The van der Waals surface area contributed by atoms with Crippen molar-refractivity contribution in [1.82, 2.24) is 60.0 Å². The standard InChI is InChI=1S/C22H25N9O.C15H20N6O.C7H9N3O2.4CH4/c1-5-24-18-12-26-17(11-27-18)19-30-20(31-32-19)22(4,13(2)3)15-6-7-16(25-10-15)14-8-28-21(23)29-9-14;1-9(2)15(3,13(16)21-22)11-4-5-12(18-8-11)10-6-19-14(17)20-7-10;1-2-8-6-4-9-5(3-10-6)7(11)12;;;;/h6-13H,5H2,1-4H3,(H,24,27)(H2,23,28,29);4-9,22H,1-3H3,(H2,16,21)(H2,17,19,20);3-4H,2H2,1H3,(H,8,10)(H,11,12);4*1H4. The van der Waals surface area contributed by atoms with Crippen molar-refractivity contribution in [1.29, 1.82) is 0 Å². The molecule has 70 heavy (non-hydrogen) atoms. The van der Waals surface area contributed by atoms with E-state index in [1.165, 1.54) is 12.4 Å². The van der Waals surface area contributed by atoms with Crippen LogP contribution in [-0.4, -0.2) is 95.2 Å². The highest BCUT2D eigenvalue weighted by atomic mass is 16.5. The van der Waals surface area contributed by atoms with Crippen LogP contribution in [0.25, 0.3) is 34.1 Å². The lowest BCUT2D eigenvalue weighted by molar-refractivity contribution is 0.0690. The first-order valence-electron chi connectivity index (χ1n) is 20.8. The van der Waals surface area contributed by atoms with Crippen molar-refractivity contribution in [2.75, 3.05) is 35.2 Å². The maximum atomic E-state index is 10.3. The Morgan fingerprint density at radius 2 is 1.11 bits per heavy atom. The summed E-state index contributed by atoms with van der Waals surface area (Å²) in [6.07, 6.45) is 16.0. The van der Waals surface area contributed by atoms with Gasteiger partial charge in [-0.25, -0.2) is 44.7 Å². The molecular weight excluding hydrogens is 893 g/mol. The molecule has 0 saturated carbocycles. The Morgan fingerprint density at radius 1 is 0.643 bits per heavy atom. The fraction of sp³-hybridized carbons (Fsp3) is 0.375. The number of carbonyl (C=O) groups is 1. The van der Waals surface area contributed by atoms with Crippen molar-refractivity contribution in [3.8, 4) is 34.1 Å². The predicted octanol–water partition coefficient (Wildman–Crippen LogP) is 8.29. The van der Waals surface area contributed by atoms with Crippen LogP contribution in [-0.2, 0) is 10.8 Å². The first-order chi connectivity index (χ1) is 31.5. The van der Waals surface area contributed by atoms with Crippen LogP contribution >= 0.6 is 0 Å². The molecule has 0 radical (unpaired) electrons. The minimum Gasteiger partial charge on any atom is -0.476 e. The largest absolute Gasteiger partial charge is 0.476 e. The van der Waals surface area contributed by atoms with Crippen LogP contribution in [0.4, 0.5) is 23.5 Å². The van der Waals surface area contributed by atoms with Gasteiger partial charge in [0, 0.05) is 61.4 Å². The minimum atomic E-state index is -1.06. The van der Waals surface area contributed by atoms with E-state index in [0.717, 1.165) is 46.7 Å². The zero-order chi connectivity index (χ0) is 48.0. The van der Waals surface area contributed by atoms with Gasteiger partial charge in [-0.3, -0.25) is 9.97 Å². The van der Waals surface area contributed by atoms with E-state index in [4.69, 9.17) is 32.0 Å². The third-order valence-corrected chi connectivity index (χ3v) is 11.0. The molecule has 7 aromatic rings. The number of carboxylic acids is 1. The van der Waals surface area contributed by atoms with Gasteiger partial charge in [-0.15, -0.1) is 0 Å². The van der Waals surface area contributed by atoms with Crippen molar-refractivity contribution in [3.63, 3.8) is 0 Å². The van der Waals surface area contributed by atoms with Crippen LogP contribution in [0.3, 0.4) is 0 Å². The second-order valence-corrected chi connectivity index (χ2v) is 15.6. The second-order valence-electron chi connectivity index (χ2n) is 15.6. The molecule has 0 aliphatic heterocycles. The number of anilines is 4. The van der Waals surface area contributed by atoms with E-state index in [9.17, 15) is 4.79 Å². The first-order valence-corrected chi connectivity index (χ1v) is 20.8. The number of nitrogens with one attached hydrogen (secondary N) is 2. The third-order valence-electron chi connectivity index (χ3n) is 11.0. The number of pyridine rings is 2. The van der Waals surface area contributed by atoms with Crippen molar-refractivity contribution in [2.24, 2.45) is 22.7 Å². The van der Waals surface area contributed by atoms with Gasteiger partial charge in [0.25, 0.3) is 5.89 Å². The van der Waals surface area contributed by atoms with Gasteiger partial charge in [-0.1, -0.05) is 79.8 Å². The predicted molar refractivity (Wildman–Crippen MR) is 276 cm³/mol. The number of amidine groups is 1. The maximum absolute atomic E-state index is 10.3. The molecule has 7 rings (SSSR count). The number of rotatable bonds is 14. The number of nitrogen functional groups attached to an aromatic ring is 2. The van der Waals surface area contributed by atoms with Gasteiger partial charge >= 0.3 is 5.97 Å².